The predicted octanol–water partition coefficient (Wildman–Crippen LogP) is 2.46. The Morgan fingerprint density at radius 3 is 2.72 bits per heavy atom. The Labute approximate surface area is 152 Å². The predicted molar refractivity (Wildman–Crippen MR) is 101 cm³/mol. The van der Waals surface area contributed by atoms with Gasteiger partial charge in [0.1, 0.15) is 5.01 Å². The smallest absolute Gasteiger partial charge is 0.222 e. The third-order valence-corrected chi connectivity index (χ3v) is 6.60. The molecule has 6 heteroatoms. The fourth-order valence-corrected chi connectivity index (χ4v) is 5.02. The highest BCUT2D eigenvalue weighted by Gasteiger charge is 2.29. The molecule has 1 aromatic heterocycles. The molecule has 0 bridgehead atoms. The summed E-state index contributed by atoms with van der Waals surface area (Å²) in [5.41, 5.74) is 7.20. The first-order valence-corrected chi connectivity index (χ1v) is 10.1. The SMILES string of the molecule is N[C@@H]1CCC[C@H]1CC(=O)N1CCN(Cc2nc3ccccc3s2)CC1. The van der Waals surface area contributed by atoms with Crippen molar-refractivity contribution < 1.29 is 4.79 Å². The maximum absolute atomic E-state index is 12.5. The zero-order chi connectivity index (χ0) is 17.2. The summed E-state index contributed by atoms with van der Waals surface area (Å²) in [6.45, 7) is 4.39. The van der Waals surface area contributed by atoms with Crippen molar-refractivity contribution in [1.82, 2.24) is 14.8 Å². The van der Waals surface area contributed by atoms with Crippen LogP contribution >= 0.6 is 11.3 Å². The zero-order valence-electron chi connectivity index (χ0n) is 14.6. The number of benzene rings is 1. The number of fused-ring (bicyclic) bond motifs is 1. The van der Waals surface area contributed by atoms with Crippen molar-refractivity contribution >= 4 is 27.5 Å². The van der Waals surface area contributed by atoms with E-state index in [1.807, 2.05) is 11.0 Å². The summed E-state index contributed by atoms with van der Waals surface area (Å²) in [7, 11) is 0. The molecule has 0 radical (unpaired) electrons. The first-order valence-electron chi connectivity index (χ1n) is 9.29. The number of nitrogens with two attached hydrogens (primary N) is 1. The van der Waals surface area contributed by atoms with E-state index in [-0.39, 0.29) is 6.04 Å². The number of para-hydroxylation sites is 1. The summed E-state index contributed by atoms with van der Waals surface area (Å²) in [6.07, 6.45) is 4.01. The third-order valence-electron chi connectivity index (χ3n) is 5.58. The van der Waals surface area contributed by atoms with Gasteiger partial charge in [-0.05, 0) is 30.9 Å². The summed E-state index contributed by atoms with van der Waals surface area (Å²) in [6, 6.07) is 8.52. The minimum absolute atomic E-state index is 0.226. The summed E-state index contributed by atoms with van der Waals surface area (Å²) < 4.78 is 1.25. The molecule has 134 valence electrons. The van der Waals surface area contributed by atoms with Gasteiger partial charge in [-0.25, -0.2) is 4.98 Å². The van der Waals surface area contributed by atoms with E-state index >= 15 is 0 Å². The molecule has 1 aliphatic heterocycles. The molecule has 0 unspecified atom stereocenters. The van der Waals surface area contributed by atoms with Crippen LogP contribution in [0.2, 0.25) is 0 Å². The summed E-state index contributed by atoms with van der Waals surface area (Å²) >= 11 is 1.77. The second kappa shape index (κ2) is 7.40. The van der Waals surface area contributed by atoms with Crippen LogP contribution in [0.3, 0.4) is 0 Å². The number of aromatic nitrogens is 1. The maximum Gasteiger partial charge on any atom is 0.222 e. The van der Waals surface area contributed by atoms with Gasteiger partial charge in [0.05, 0.1) is 16.8 Å². The van der Waals surface area contributed by atoms with Crippen LogP contribution in [0.15, 0.2) is 24.3 Å². The lowest BCUT2D eigenvalue weighted by Crippen LogP contribution is -2.49. The van der Waals surface area contributed by atoms with Gasteiger partial charge < -0.3 is 10.6 Å². The lowest BCUT2D eigenvalue weighted by molar-refractivity contribution is -0.134. The molecule has 1 aromatic carbocycles. The van der Waals surface area contributed by atoms with Gasteiger partial charge in [0.2, 0.25) is 5.91 Å². The van der Waals surface area contributed by atoms with E-state index in [0.29, 0.717) is 18.2 Å². The number of nitrogens with zero attached hydrogens (tertiary/aromatic N) is 3. The van der Waals surface area contributed by atoms with Crippen molar-refractivity contribution in [2.75, 3.05) is 26.2 Å². The van der Waals surface area contributed by atoms with Crippen LogP contribution in [0.4, 0.5) is 0 Å². The van der Waals surface area contributed by atoms with Crippen molar-refractivity contribution in [3.8, 4) is 0 Å². The molecule has 2 atom stereocenters. The van der Waals surface area contributed by atoms with Gasteiger partial charge in [-0.1, -0.05) is 18.6 Å². The monoisotopic (exact) mass is 358 g/mol. The molecule has 2 aliphatic rings. The highest BCUT2D eigenvalue weighted by Crippen LogP contribution is 2.28. The van der Waals surface area contributed by atoms with Gasteiger partial charge >= 0.3 is 0 Å². The molecule has 1 aliphatic carbocycles. The van der Waals surface area contributed by atoms with E-state index in [9.17, 15) is 4.79 Å². The quantitative estimate of drug-likeness (QED) is 0.912. The van der Waals surface area contributed by atoms with Gasteiger partial charge in [-0.3, -0.25) is 9.69 Å². The second-order valence-corrected chi connectivity index (χ2v) is 8.41. The van der Waals surface area contributed by atoms with Crippen LogP contribution < -0.4 is 5.73 Å². The minimum Gasteiger partial charge on any atom is -0.340 e. The number of amides is 1. The number of hydrogen-bond donors (Lipinski definition) is 1. The van der Waals surface area contributed by atoms with Crippen molar-refractivity contribution in [3.05, 3.63) is 29.3 Å². The Hall–Kier alpha value is -1.50. The van der Waals surface area contributed by atoms with Crippen LogP contribution in [0.25, 0.3) is 10.2 Å². The molecular weight excluding hydrogens is 332 g/mol. The number of rotatable bonds is 4. The largest absolute Gasteiger partial charge is 0.340 e. The molecule has 2 N–H and O–H groups in total. The molecule has 1 saturated carbocycles. The molecule has 0 spiro atoms. The van der Waals surface area contributed by atoms with Crippen molar-refractivity contribution in [1.29, 1.82) is 0 Å². The van der Waals surface area contributed by atoms with Gasteiger partial charge in [-0.15, -0.1) is 11.3 Å². The van der Waals surface area contributed by atoms with Gasteiger partial charge in [0.25, 0.3) is 0 Å². The lowest BCUT2D eigenvalue weighted by atomic mass is 9.99. The molecule has 2 fully saturated rings. The Bertz CT molecular complexity index is 705. The number of hydrogen-bond acceptors (Lipinski definition) is 5. The van der Waals surface area contributed by atoms with Gasteiger partial charge in [0.15, 0.2) is 0 Å². The fraction of sp³-hybridized carbons (Fsp3) is 0.579. The van der Waals surface area contributed by atoms with E-state index in [0.717, 1.165) is 56.1 Å². The number of carbonyl (C=O) groups excluding carboxylic acids is 1. The van der Waals surface area contributed by atoms with Crippen LogP contribution in [0.5, 0.6) is 0 Å². The van der Waals surface area contributed by atoms with Crippen LogP contribution in [-0.4, -0.2) is 52.9 Å². The van der Waals surface area contributed by atoms with Gasteiger partial charge in [-0.2, -0.15) is 0 Å². The van der Waals surface area contributed by atoms with Crippen molar-refractivity contribution in [2.45, 2.75) is 38.3 Å². The normalized spacial score (nSPS) is 24.9. The Morgan fingerprint density at radius 2 is 2.00 bits per heavy atom. The molecule has 5 nitrogen and oxygen atoms in total. The minimum atomic E-state index is 0.226. The Morgan fingerprint density at radius 1 is 1.20 bits per heavy atom. The van der Waals surface area contributed by atoms with E-state index in [2.05, 4.69) is 23.1 Å². The number of carbonyl (C=O) groups is 1. The Balaban J connectivity index is 1.28. The van der Waals surface area contributed by atoms with E-state index in [1.54, 1.807) is 11.3 Å². The average molecular weight is 359 g/mol. The van der Waals surface area contributed by atoms with Crippen molar-refractivity contribution in [3.63, 3.8) is 0 Å². The molecular formula is C19H26N4OS. The highest BCUT2D eigenvalue weighted by molar-refractivity contribution is 7.18. The van der Waals surface area contributed by atoms with E-state index in [1.165, 1.54) is 11.1 Å². The van der Waals surface area contributed by atoms with E-state index in [4.69, 9.17) is 10.7 Å². The highest BCUT2D eigenvalue weighted by atomic mass is 32.1. The molecule has 1 amide bonds. The molecule has 25 heavy (non-hydrogen) atoms. The zero-order valence-corrected chi connectivity index (χ0v) is 15.4. The molecule has 4 rings (SSSR count). The van der Waals surface area contributed by atoms with Crippen LogP contribution in [0, 0.1) is 5.92 Å². The fourth-order valence-electron chi connectivity index (χ4n) is 4.01. The Kier molecular flexibility index (Phi) is 5.01. The maximum atomic E-state index is 12.5. The van der Waals surface area contributed by atoms with Crippen LogP contribution in [0.1, 0.15) is 30.7 Å². The molecule has 1 saturated heterocycles. The van der Waals surface area contributed by atoms with Crippen molar-refractivity contribution in [2.24, 2.45) is 11.7 Å². The average Bonchev–Trinajstić information content (AvgIpc) is 3.21. The topological polar surface area (TPSA) is 62.5 Å². The summed E-state index contributed by atoms with van der Waals surface area (Å²) in [5.74, 6) is 0.690. The second-order valence-electron chi connectivity index (χ2n) is 7.29. The van der Waals surface area contributed by atoms with Crippen LogP contribution in [-0.2, 0) is 11.3 Å². The molecule has 2 heterocycles. The standard InChI is InChI=1S/C19H26N4OS/c20-15-5-3-4-14(15)12-19(24)23-10-8-22(9-11-23)13-18-21-16-6-1-2-7-17(16)25-18/h1-2,6-7,14-15H,3-5,8-13,20H2/t14-,15+/m0/s1. The number of piperazine rings is 1. The first-order chi connectivity index (χ1) is 12.2. The first kappa shape index (κ1) is 16.9. The summed E-state index contributed by atoms with van der Waals surface area (Å²) in [4.78, 5) is 21.7. The van der Waals surface area contributed by atoms with E-state index < -0.39 is 0 Å². The third kappa shape index (κ3) is 3.86. The molecule has 2 aromatic rings. The lowest BCUT2D eigenvalue weighted by Gasteiger charge is -2.35. The van der Waals surface area contributed by atoms with Gasteiger partial charge in [0, 0.05) is 38.6 Å². The summed E-state index contributed by atoms with van der Waals surface area (Å²) in [5, 5.41) is 1.16. The number of thiazole rings is 1.